The van der Waals surface area contributed by atoms with Gasteiger partial charge in [0.05, 0.1) is 17.7 Å². The SMILES string of the molecule is CC(C)(C)OC(=O)N1CC(=Cc2cn(C(=O)OC(C)(C)C)c3ccc(Br)cc23)c2cc(Br)ccc21. The third kappa shape index (κ3) is 5.64. The van der Waals surface area contributed by atoms with E-state index in [1.54, 1.807) is 11.1 Å². The van der Waals surface area contributed by atoms with Crippen LogP contribution in [0.25, 0.3) is 22.6 Å². The van der Waals surface area contributed by atoms with Crippen LogP contribution in [-0.2, 0) is 9.47 Å². The van der Waals surface area contributed by atoms with E-state index < -0.39 is 23.4 Å². The van der Waals surface area contributed by atoms with Gasteiger partial charge in [0.2, 0.25) is 0 Å². The predicted octanol–water partition coefficient (Wildman–Crippen LogP) is 8.25. The van der Waals surface area contributed by atoms with E-state index in [1.165, 1.54) is 4.57 Å². The number of hydrogen-bond acceptors (Lipinski definition) is 4. The van der Waals surface area contributed by atoms with Crippen molar-refractivity contribution in [3.8, 4) is 0 Å². The van der Waals surface area contributed by atoms with Crippen LogP contribution in [0.3, 0.4) is 0 Å². The van der Waals surface area contributed by atoms with Crippen LogP contribution in [0.15, 0.2) is 51.5 Å². The summed E-state index contributed by atoms with van der Waals surface area (Å²) in [6.07, 6.45) is 2.96. The summed E-state index contributed by atoms with van der Waals surface area (Å²) in [7, 11) is 0. The molecule has 0 bridgehead atoms. The van der Waals surface area contributed by atoms with Gasteiger partial charge in [-0.2, -0.15) is 0 Å². The second kappa shape index (κ2) is 9.13. The highest BCUT2D eigenvalue weighted by Crippen LogP contribution is 2.40. The molecule has 0 saturated carbocycles. The summed E-state index contributed by atoms with van der Waals surface area (Å²) in [6.45, 7) is 11.4. The first kappa shape index (κ1) is 25.5. The van der Waals surface area contributed by atoms with Gasteiger partial charge in [0.1, 0.15) is 11.2 Å². The number of carbonyl (C=O) groups excluding carboxylic acids is 2. The zero-order valence-electron chi connectivity index (χ0n) is 20.6. The fourth-order valence-corrected chi connectivity index (χ4v) is 4.66. The van der Waals surface area contributed by atoms with Crippen LogP contribution in [0.1, 0.15) is 52.7 Å². The van der Waals surface area contributed by atoms with Gasteiger partial charge in [-0.05, 0) is 89.6 Å². The third-order valence-electron chi connectivity index (χ3n) is 5.25. The van der Waals surface area contributed by atoms with Gasteiger partial charge >= 0.3 is 12.2 Å². The lowest BCUT2D eigenvalue weighted by Crippen LogP contribution is -2.35. The second-order valence-corrected chi connectivity index (χ2v) is 12.3. The van der Waals surface area contributed by atoms with Gasteiger partial charge in [-0.25, -0.2) is 9.59 Å². The third-order valence-corrected chi connectivity index (χ3v) is 6.24. The summed E-state index contributed by atoms with van der Waals surface area (Å²) < 4.78 is 14.6. The zero-order valence-corrected chi connectivity index (χ0v) is 23.8. The van der Waals surface area contributed by atoms with Crippen molar-refractivity contribution in [2.75, 3.05) is 11.4 Å². The van der Waals surface area contributed by atoms with Gasteiger partial charge in [-0.1, -0.05) is 31.9 Å². The largest absolute Gasteiger partial charge is 0.443 e. The second-order valence-electron chi connectivity index (χ2n) is 10.5. The monoisotopic (exact) mass is 602 g/mol. The minimum Gasteiger partial charge on any atom is -0.443 e. The summed E-state index contributed by atoms with van der Waals surface area (Å²) in [6, 6.07) is 11.6. The van der Waals surface area contributed by atoms with Crippen LogP contribution in [-0.4, -0.2) is 34.5 Å². The predicted molar refractivity (Wildman–Crippen MR) is 147 cm³/mol. The van der Waals surface area contributed by atoms with Crippen LogP contribution < -0.4 is 4.90 Å². The molecule has 1 aliphatic rings. The molecule has 1 aliphatic heterocycles. The number of amides is 1. The first-order valence-corrected chi connectivity index (χ1v) is 12.9. The van der Waals surface area contributed by atoms with Crippen molar-refractivity contribution >= 4 is 72.3 Å². The highest BCUT2D eigenvalue weighted by molar-refractivity contribution is 9.10. The molecule has 35 heavy (non-hydrogen) atoms. The minimum atomic E-state index is -0.619. The van der Waals surface area contributed by atoms with E-state index in [2.05, 4.69) is 31.9 Å². The van der Waals surface area contributed by atoms with Crippen LogP contribution in [0.5, 0.6) is 0 Å². The fraction of sp³-hybridized carbons (Fsp3) is 0.333. The molecule has 0 radical (unpaired) electrons. The molecular weight excluding hydrogens is 576 g/mol. The molecule has 4 rings (SSSR count). The molecular formula is C27H28Br2N2O4. The summed E-state index contributed by atoms with van der Waals surface area (Å²) in [5.41, 5.74) is 3.02. The number of ether oxygens (including phenoxy) is 2. The van der Waals surface area contributed by atoms with Crippen LogP contribution >= 0.6 is 31.9 Å². The number of halogens is 2. The molecule has 184 valence electrons. The van der Waals surface area contributed by atoms with Crippen molar-refractivity contribution in [1.29, 1.82) is 0 Å². The van der Waals surface area contributed by atoms with E-state index in [4.69, 9.17) is 9.47 Å². The summed E-state index contributed by atoms with van der Waals surface area (Å²) in [5, 5.41) is 0.894. The maximum absolute atomic E-state index is 13.0. The van der Waals surface area contributed by atoms with Gasteiger partial charge < -0.3 is 9.47 Å². The Morgan fingerprint density at radius 2 is 1.49 bits per heavy atom. The Bertz CT molecular complexity index is 1360. The molecule has 0 saturated heterocycles. The molecule has 0 fully saturated rings. The minimum absolute atomic E-state index is 0.355. The average Bonchev–Trinajstić information content (AvgIpc) is 3.24. The standard InChI is InChI=1S/C27H28Br2N2O4/c1-26(2,3)34-24(32)30-14-16(20-12-18(28)7-9-22(20)30)11-17-15-31(25(33)35-27(4,5)6)23-10-8-19(29)13-21(17)23/h7-14H,15H2,1-6H3. The molecule has 0 atom stereocenters. The van der Waals surface area contributed by atoms with E-state index in [1.807, 2.05) is 84.0 Å². The van der Waals surface area contributed by atoms with Gasteiger partial charge in [0.25, 0.3) is 0 Å². The molecule has 0 N–H and O–H groups in total. The molecule has 2 heterocycles. The highest BCUT2D eigenvalue weighted by atomic mass is 79.9. The van der Waals surface area contributed by atoms with Crippen LogP contribution in [0, 0.1) is 0 Å². The fourth-order valence-electron chi connectivity index (χ4n) is 3.94. The van der Waals surface area contributed by atoms with E-state index in [0.717, 1.165) is 42.2 Å². The van der Waals surface area contributed by atoms with Gasteiger partial charge in [-0.15, -0.1) is 0 Å². The summed E-state index contributed by atoms with van der Waals surface area (Å²) in [4.78, 5) is 27.6. The normalized spacial score (nSPS) is 15.0. The topological polar surface area (TPSA) is 60.8 Å². The Hall–Kier alpha value is -2.58. The van der Waals surface area contributed by atoms with Crippen molar-refractivity contribution in [1.82, 2.24) is 4.57 Å². The molecule has 1 aromatic heterocycles. The van der Waals surface area contributed by atoms with E-state index in [0.29, 0.717) is 6.54 Å². The Balaban J connectivity index is 1.82. The maximum Gasteiger partial charge on any atom is 0.419 e. The van der Waals surface area contributed by atoms with Gasteiger partial charge in [-0.3, -0.25) is 9.47 Å². The van der Waals surface area contributed by atoms with Crippen molar-refractivity contribution < 1.29 is 19.1 Å². The number of aromatic nitrogens is 1. The van der Waals surface area contributed by atoms with Gasteiger partial charge in [0.15, 0.2) is 0 Å². The van der Waals surface area contributed by atoms with Crippen molar-refractivity contribution in [2.45, 2.75) is 52.7 Å². The quantitative estimate of drug-likeness (QED) is 0.281. The maximum atomic E-state index is 13.0. The number of anilines is 1. The first-order valence-electron chi connectivity index (χ1n) is 11.3. The van der Waals surface area contributed by atoms with Crippen LogP contribution in [0.4, 0.5) is 15.3 Å². The number of nitrogens with zero attached hydrogens (tertiary/aromatic N) is 2. The molecule has 1 amide bonds. The number of rotatable bonds is 1. The molecule has 3 aromatic rings. The van der Waals surface area contributed by atoms with Crippen molar-refractivity contribution in [2.24, 2.45) is 0 Å². The Kier molecular flexibility index (Phi) is 6.66. The summed E-state index contributed by atoms with van der Waals surface area (Å²) in [5.74, 6) is 0. The Morgan fingerprint density at radius 1 is 0.886 bits per heavy atom. The zero-order chi connectivity index (χ0) is 25.7. The lowest BCUT2D eigenvalue weighted by Gasteiger charge is -2.24. The highest BCUT2D eigenvalue weighted by Gasteiger charge is 2.32. The van der Waals surface area contributed by atoms with E-state index >= 15 is 0 Å². The molecule has 8 heteroatoms. The molecule has 6 nitrogen and oxygen atoms in total. The van der Waals surface area contributed by atoms with E-state index in [-0.39, 0.29) is 0 Å². The lowest BCUT2D eigenvalue weighted by molar-refractivity contribution is 0.0541. The smallest absolute Gasteiger partial charge is 0.419 e. The molecule has 0 spiro atoms. The summed E-state index contributed by atoms with van der Waals surface area (Å²) >= 11 is 7.10. The lowest BCUT2D eigenvalue weighted by atomic mass is 10.0. The van der Waals surface area contributed by atoms with Crippen molar-refractivity contribution in [3.63, 3.8) is 0 Å². The Labute approximate surface area is 222 Å². The number of hydrogen-bond donors (Lipinski definition) is 0. The average molecular weight is 604 g/mol. The van der Waals surface area contributed by atoms with Crippen molar-refractivity contribution in [3.05, 3.63) is 62.7 Å². The molecule has 0 unspecified atom stereocenters. The molecule has 2 aromatic carbocycles. The van der Waals surface area contributed by atoms with E-state index in [9.17, 15) is 9.59 Å². The molecule has 0 aliphatic carbocycles. The number of benzene rings is 2. The first-order chi connectivity index (χ1) is 16.2. The number of carbonyl (C=O) groups is 2. The number of fused-ring (bicyclic) bond motifs is 2. The van der Waals surface area contributed by atoms with Gasteiger partial charge in [0, 0.05) is 31.7 Å². The van der Waals surface area contributed by atoms with Crippen LogP contribution in [0.2, 0.25) is 0 Å². The Morgan fingerprint density at radius 3 is 2.14 bits per heavy atom.